The number of rotatable bonds is 3. The molecule has 2 aromatic carbocycles. The van der Waals surface area contributed by atoms with Gasteiger partial charge in [-0.3, -0.25) is 4.79 Å². The summed E-state index contributed by atoms with van der Waals surface area (Å²) in [6.07, 6.45) is 1.03. The predicted octanol–water partition coefficient (Wildman–Crippen LogP) is 3.23. The number of carbonyl (C=O) groups is 1. The standard InChI is InChI=1S/C20H25N3O/c1-21-13-8-14-23(16-15-21)20(24)18-11-6-7-12-19(18)22(2)17-9-4-3-5-10-17/h3-7,9-12H,8,13-16H2,1-2H3. The Labute approximate surface area is 144 Å². The Morgan fingerprint density at radius 2 is 1.62 bits per heavy atom. The topological polar surface area (TPSA) is 26.8 Å². The molecule has 1 fully saturated rings. The van der Waals surface area contributed by atoms with E-state index in [2.05, 4.69) is 29.0 Å². The van der Waals surface area contributed by atoms with Crippen molar-refractivity contribution in [2.45, 2.75) is 6.42 Å². The summed E-state index contributed by atoms with van der Waals surface area (Å²) >= 11 is 0. The van der Waals surface area contributed by atoms with Gasteiger partial charge in [0.1, 0.15) is 0 Å². The molecule has 3 rings (SSSR count). The molecule has 0 unspecified atom stereocenters. The van der Waals surface area contributed by atoms with Crippen LogP contribution in [0.15, 0.2) is 54.6 Å². The number of hydrogen-bond acceptors (Lipinski definition) is 3. The van der Waals surface area contributed by atoms with Crippen molar-refractivity contribution in [1.29, 1.82) is 0 Å². The summed E-state index contributed by atoms with van der Waals surface area (Å²) in [5, 5.41) is 0. The Bertz CT molecular complexity index is 686. The molecule has 126 valence electrons. The highest BCUT2D eigenvalue weighted by atomic mass is 16.2. The number of para-hydroxylation sites is 2. The van der Waals surface area contributed by atoms with Crippen molar-refractivity contribution in [3.63, 3.8) is 0 Å². The lowest BCUT2D eigenvalue weighted by Gasteiger charge is -2.26. The summed E-state index contributed by atoms with van der Waals surface area (Å²) in [7, 11) is 4.13. The van der Waals surface area contributed by atoms with Crippen molar-refractivity contribution >= 4 is 17.3 Å². The second-order valence-corrected chi connectivity index (χ2v) is 6.36. The van der Waals surface area contributed by atoms with Gasteiger partial charge in [0, 0.05) is 32.4 Å². The molecule has 0 N–H and O–H groups in total. The lowest BCUT2D eigenvalue weighted by Crippen LogP contribution is -2.35. The lowest BCUT2D eigenvalue weighted by atomic mass is 10.1. The van der Waals surface area contributed by atoms with Gasteiger partial charge in [0.15, 0.2) is 0 Å². The van der Waals surface area contributed by atoms with Gasteiger partial charge in [-0.25, -0.2) is 0 Å². The number of anilines is 2. The third-order valence-electron chi connectivity index (χ3n) is 4.65. The SMILES string of the molecule is CN1CCCN(C(=O)c2ccccc2N(C)c2ccccc2)CC1. The molecule has 1 aliphatic rings. The fourth-order valence-electron chi connectivity index (χ4n) is 3.16. The van der Waals surface area contributed by atoms with Crippen LogP contribution in [0.4, 0.5) is 11.4 Å². The van der Waals surface area contributed by atoms with Crippen molar-refractivity contribution in [1.82, 2.24) is 9.80 Å². The van der Waals surface area contributed by atoms with Gasteiger partial charge in [0.25, 0.3) is 5.91 Å². The maximum absolute atomic E-state index is 13.1. The largest absolute Gasteiger partial charge is 0.344 e. The first kappa shape index (κ1) is 16.5. The molecule has 0 radical (unpaired) electrons. The molecule has 24 heavy (non-hydrogen) atoms. The van der Waals surface area contributed by atoms with Gasteiger partial charge < -0.3 is 14.7 Å². The van der Waals surface area contributed by atoms with Crippen LogP contribution in [0, 0.1) is 0 Å². The van der Waals surface area contributed by atoms with Crippen LogP contribution in [0.25, 0.3) is 0 Å². The Morgan fingerprint density at radius 1 is 0.917 bits per heavy atom. The van der Waals surface area contributed by atoms with E-state index in [1.54, 1.807) is 0 Å². The minimum atomic E-state index is 0.128. The van der Waals surface area contributed by atoms with Gasteiger partial charge in [-0.2, -0.15) is 0 Å². The smallest absolute Gasteiger partial charge is 0.256 e. The third-order valence-corrected chi connectivity index (χ3v) is 4.65. The number of likely N-dealkylation sites (N-methyl/N-ethyl adjacent to an activating group) is 1. The molecule has 0 aromatic heterocycles. The third kappa shape index (κ3) is 3.60. The van der Waals surface area contributed by atoms with Crippen molar-refractivity contribution in [2.75, 3.05) is 45.2 Å². The minimum Gasteiger partial charge on any atom is -0.344 e. The number of hydrogen-bond donors (Lipinski definition) is 0. The molecule has 4 heteroatoms. The summed E-state index contributed by atoms with van der Waals surface area (Å²) in [5.41, 5.74) is 2.80. The van der Waals surface area contributed by atoms with Crippen LogP contribution in [-0.4, -0.2) is 56.0 Å². The highest BCUT2D eigenvalue weighted by Gasteiger charge is 2.22. The Kier molecular flexibility index (Phi) is 5.16. The molecule has 0 bridgehead atoms. The van der Waals surface area contributed by atoms with E-state index >= 15 is 0 Å². The zero-order valence-corrected chi connectivity index (χ0v) is 14.5. The van der Waals surface area contributed by atoms with E-state index in [0.717, 1.165) is 49.5 Å². The second-order valence-electron chi connectivity index (χ2n) is 6.36. The normalized spacial score (nSPS) is 15.8. The van der Waals surface area contributed by atoms with Crippen LogP contribution in [-0.2, 0) is 0 Å². The highest BCUT2D eigenvalue weighted by molar-refractivity contribution is 6.00. The summed E-state index contributed by atoms with van der Waals surface area (Å²) in [4.78, 5) is 19.5. The summed E-state index contributed by atoms with van der Waals surface area (Å²) in [6, 6.07) is 18.0. The highest BCUT2D eigenvalue weighted by Crippen LogP contribution is 2.27. The van der Waals surface area contributed by atoms with Gasteiger partial charge in [-0.15, -0.1) is 0 Å². The average molecular weight is 323 g/mol. The van der Waals surface area contributed by atoms with Crippen molar-refractivity contribution < 1.29 is 4.79 Å². The molecule has 0 aliphatic carbocycles. The van der Waals surface area contributed by atoms with Crippen LogP contribution in [0.3, 0.4) is 0 Å². The van der Waals surface area contributed by atoms with Crippen LogP contribution in [0.2, 0.25) is 0 Å². The van der Waals surface area contributed by atoms with Gasteiger partial charge in [-0.1, -0.05) is 30.3 Å². The van der Waals surface area contributed by atoms with E-state index in [0.29, 0.717) is 0 Å². The van der Waals surface area contributed by atoms with Crippen LogP contribution in [0.1, 0.15) is 16.8 Å². The van der Waals surface area contributed by atoms with Crippen molar-refractivity contribution in [2.24, 2.45) is 0 Å². The molecule has 1 heterocycles. The number of nitrogens with zero attached hydrogens (tertiary/aromatic N) is 3. The first-order chi connectivity index (χ1) is 11.7. The summed E-state index contributed by atoms with van der Waals surface area (Å²) in [5.74, 6) is 0.128. The monoisotopic (exact) mass is 323 g/mol. The fourth-order valence-corrected chi connectivity index (χ4v) is 3.16. The van der Waals surface area contributed by atoms with Crippen molar-refractivity contribution in [3.05, 3.63) is 60.2 Å². The van der Waals surface area contributed by atoms with E-state index in [4.69, 9.17) is 0 Å². The summed E-state index contributed by atoms with van der Waals surface area (Å²) < 4.78 is 0. The van der Waals surface area contributed by atoms with Crippen molar-refractivity contribution in [3.8, 4) is 0 Å². The fraction of sp³-hybridized carbons (Fsp3) is 0.350. The van der Waals surface area contributed by atoms with E-state index in [9.17, 15) is 4.79 Å². The van der Waals surface area contributed by atoms with E-state index in [1.807, 2.05) is 54.4 Å². The molecule has 4 nitrogen and oxygen atoms in total. The molecule has 1 amide bonds. The maximum atomic E-state index is 13.1. The van der Waals surface area contributed by atoms with Crippen LogP contribution in [0.5, 0.6) is 0 Å². The average Bonchev–Trinajstić information content (AvgIpc) is 2.86. The van der Waals surface area contributed by atoms with Gasteiger partial charge in [0.2, 0.25) is 0 Å². The lowest BCUT2D eigenvalue weighted by molar-refractivity contribution is 0.0763. The van der Waals surface area contributed by atoms with Crippen LogP contribution >= 0.6 is 0 Å². The molecular formula is C20H25N3O. The van der Waals surface area contributed by atoms with E-state index in [1.165, 1.54) is 0 Å². The quantitative estimate of drug-likeness (QED) is 0.868. The zero-order chi connectivity index (χ0) is 16.9. The minimum absolute atomic E-state index is 0.128. The number of amides is 1. The molecule has 2 aromatic rings. The molecule has 0 spiro atoms. The van der Waals surface area contributed by atoms with Gasteiger partial charge in [-0.05, 0) is 44.3 Å². The van der Waals surface area contributed by atoms with E-state index < -0.39 is 0 Å². The Balaban J connectivity index is 1.87. The predicted molar refractivity (Wildman–Crippen MR) is 99.0 cm³/mol. The first-order valence-electron chi connectivity index (χ1n) is 8.52. The molecule has 0 saturated carbocycles. The Hall–Kier alpha value is -2.33. The molecule has 1 saturated heterocycles. The Morgan fingerprint density at radius 3 is 2.42 bits per heavy atom. The van der Waals surface area contributed by atoms with Gasteiger partial charge in [0.05, 0.1) is 11.3 Å². The maximum Gasteiger partial charge on any atom is 0.256 e. The zero-order valence-electron chi connectivity index (χ0n) is 14.5. The summed E-state index contributed by atoms with van der Waals surface area (Å²) in [6.45, 7) is 3.60. The van der Waals surface area contributed by atoms with Gasteiger partial charge >= 0.3 is 0 Å². The number of benzene rings is 2. The molecule has 1 aliphatic heterocycles. The van der Waals surface area contributed by atoms with E-state index in [-0.39, 0.29) is 5.91 Å². The number of carbonyl (C=O) groups excluding carboxylic acids is 1. The molecular weight excluding hydrogens is 298 g/mol. The van der Waals surface area contributed by atoms with Crippen LogP contribution < -0.4 is 4.90 Å². The first-order valence-corrected chi connectivity index (χ1v) is 8.52. The second kappa shape index (κ2) is 7.49. The molecule has 0 atom stereocenters.